The Morgan fingerprint density at radius 1 is 0.238 bits per heavy atom. The van der Waals surface area contributed by atoms with Gasteiger partial charge in [0, 0.05) is 11.1 Å². The first-order valence-corrected chi connectivity index (χ1v) is 11.1. The predicted octanol–water partition coefficient (Wildman–Crippen LogP) is 0.788. The molecule has 4 aromatic rings. The van der Waals surface area contributed by atoms with Crippen molar-refractivity contribution >= 4 is 11.1 Å². The maximum absolute atomic E-state index is 9.67. The molecule has 0 aromatic carbocycles. The lowest BCUT2D eigenvalue weighted by Crippen LogP contribution is -2.04. The van der Waals surface area contributed by atoms with Crippen LogP contribution in [0.2, 0.25) is 0 Å². The van der Waals surface area contributed by atoms with E-state index in [9.17, 15) is 42.1 Å². The molecule has 0 aliphatic heterocycles. The maximum Gasteiger partial charge on any atom is 0.177 e. The molecular weight excluding hydrogens is 536 g/mol. The first kappa shape index (κ1) is 24.3. The highest BCUT2D eigenvalue weighted by atomic mass is 15.0. The molecule has 0 spiro atoms. The fourth-order valence-corrected chi connectivity index (χ4v) is 4.42. The molecule has 4 aromatic heterocycles. The average Bonchev–Trinajstić information content (AvgIpc) is 3.50. The molecular formula is C26N16. The first-order chi connectivity index (χ1) is 20.5. The highest BCUT2D eigenvalue weighted by Crippen LogP contribution is 2.50. The molecule has 0 N–H and O–H groups in total. The molecule has 16 nitrogen and oxygen atoms in total. The van der Waals surface area contributed by atoms with Crippen LogP contribution in [0.3, 0.4) is 0 Å². The summed E-state index contributed by atoms with van der Waals surface area (Å²) in [6.07, 6.45) is 0. The van der Waals surface area contributed by atoms with Gasteiger partial charge in [0.15, 0.2) is 45.6 Å². The van der Waals surface area contributed by atoms with Gasteiger partial charge in [0.05, 0.1) is 0 Å². The molecule has 2 aliphatic carbocycles. The van der Waals surface area contributed by atoms with Crippen molar-refractivity contribution in [3.63, 3.8) is 0 Å². The van der Waals surface area contributed by atoms with E-state index >= 15 is 0 Å². The van der Waals surface area contributed by atoms with Crippen molar-refractivity contribution in [3.8, 4) is 71.3 Å². The van der Waals surface area contributed by atoms with Crippen LogP contribution in [-0.2, 0) is 0 Å². The van der Waals surface area contributed by atoms with E-state index in [-0.39, 0.29) is 102 Å². The highest BCUT2D eigenvalue weighted by Gasteiger charge is 2.41. The van der Waals surface area contributed by atoms with Crippen molar-refractivity contribution in [2.45, 2.75) is 0 Å². The number of nitrogens with zero attached hydrogens (tertiary/aromatic N) is 16. The van der Waals surface area contributed by atoms with Crippen molar-refractivity contribution in [2.75, 3.05) is 0 Å². The van der Waals surface area contributed by atoms with Gasteiger partial charge >= 0.3 is 0 Å². The third-order valence-electron chi connectivity index (χ3n) is 6.08. The summed E-state index contributed by atoms with van der Waals surface area (Å²) in [6.45, 7) is 0. The Morgan fingerprint density at radius 3 is 0.524 bits per heavy atom. The molecule has 2 aliphatic rings. The van der Waals surface area contributed by atoms with Gasteiger partial charge in [0.25, 0.3) is 0 Å². The van der Waals surface area contributed by atoms with E-state index in [0.717, 1.165) is 0 Å². The van der Waals surface area contributed by atoms with Gasteiger partial charge < -0.3 is 0 Å². The molecule has 42 heavy (non-hydrogen) atoms. The van der Waals surface area contributed by atoms with Crippen molar-refractivity contribution in [2.24, 2.45) is 0 Å². The number of rotatable bonds is 0. The largest absolute Gasteiger partial charge is 0.232 e. The number of nitriles is 8. The lowest BCUT2D eigenvalue weighted by molar-refractivity contribution is 1.10. The van der Waals surface area contributed by atoms with E-state index in [2.05, 4.69) is 39.9 Å². The van der Waals surface area contributed by atoms with Gasteiger partial charge in [-0.3, -0.25) is 0 Å². The van der Waals surface area contributed by atoms with Crippen LogP contribution >= 0.6 is 0 Å². The summed E-state index contributed by atoms with van der Waals surface area (Å²) in [5, 5.41) is 76.9. The average molecular weight is 536 g/mol. The van der Waals surface area contributed by atoms with Gasteiger partial charge in [-0.15, -0.1) is 0 Å². The van der Waals surface area contributed by atoms with Gasteiger partial charge in [-0.1, -0.05) is 0 Å². The molecule has 4 heterocycles. The first-order valence-electron chi connectivity index (χ1n) is 11.1. The van der Waals surface area contributed by atoms with Crippen molar-refractivity contribution < 1.29 is 0 Å². The molecule has 0 unspecified atom stereocenters. The fourth-order valence-electron chi connectivity index (χ4n) is 4.42. The summed E-state index contributed by atoms with van der Waals surface area (Å²) in [4.78, 5) is 34.2. The number of fused-ring (bicyclic) bond motifs is 6. The summed E-state index contributed by atoms with van der Waals surface area (Å²) in [7, 11) is 0. The molecule has 0 saturated heterocycles. The molecule has 0 amide bonds. The van der Waals surface area contributed by atoms with Gasteiger partial charge in [0.2, 0.25) is 0 Å². The zero-order valence-corrected chi connectivity index (χ0v) is 20.2. The minimum absolute atomic E-state index is 0.00720. The SMILES string of the molecule is N#Cc1nc2c(nc1C#N)-c1nc(C#N)c(C#N)nc1C2=C1c2nc(C#N)c(C#N)nc2-c2nc(C#N)c(C#N)nc21. The Morgan fingerprint density at radius 2 is 0.381 bits per heavy atom. The smallest absolute Gasteiger partial charge is 0.177 e. The summed E-state index contributed by atoms with van der Waals surface area (Å²) in [5.41, 5.74) is -3.34. The van der Waals surface area contributed by atoms with Crippen LogP contribution in [0.15, 0.2) is 0 Å². The van der Waals surface area contributed by atoms with E-state index in [1.807, 2.05) is 0 Å². The molecule has 0 atom stereocenters. The minimum Gasteiger partial charge on any atom is -0.232 e. The maximum atomic E-state index is 9.67. The van der Waals surface area contributed by atoms with Crippen molar-refractivity contribution in [1.82, 2.24) is 39.9 Å². The molecule has 6 rings (SSSR count). The monoisotopic (exact) mass is 536 g/mol. The van der Waals surface area contributed by atoms with Crippen LogP contribution in [0.4, 0.5) is 0 Å². The topological polar surface area (TPSA) is 293 Å². The second-order valence-corrected chi connectivity index (χ2v) is 8.12. The molecule has 16 heteroatoms. The highest BCUT2D eigenvalue weighted by molar-refractivity contribution is 6.14. The Bertz CT molecular complexity index is 2060. The number of hydrogen-bond acceptors (Lipinski definition) is 16. The normalized spacial score (nSPS) is 11.0. The van der Waals surface area contributed by atoms with Gasteiger partial charge in [-0.25, -0.2) is 39.9 Å². The molecule has 184 valence electrons. The van der Waals surface area contributed by atoms with Crippen LogP contribution in [0, 0.1) is 90.6 Å². The van der Waals surface area contributed by atoms with Crippen molar-refractivity contribution in [3.05, 3.63) is 68.3 Å². The minimum atomic E-state index is -0.367. The third kappa shape index (κ3) is 3.07. The summed E-state index contributed by atoms with van der Waals surface area (Å²) >= 11 is 0. The molecule has 0 fully saturated rings. The van der Waals surface area contributed by atoms with Gasteiger partial charge in [-0.2, -0.15) is 42.1 Å². The summed E-state index contributed by atoms with van der Waals surface area (Å²) in [5.74, 6) is 0. The lowest BCUT2D eigenvalue weighted by atomic mass is 10.0. The van der Waals surface area contributed by atoms with Crippen LogP contribution in [0.1, 0.15) is 68.3 Å². The van der Waals surface area contributed by atoms with Gasteiger partial charge in [-0.05, 0) is 0 Å². The molecule has 0 bridgehead atoms. The Hall–Kier alpha value is -8.02. The van der Waals surface area contributed by atoms with Crippen LogP contribution in [0.25, 0.3) is 33.9 Å². The van der Waals surface area contributed by atoms with Gasteiger partial charge in [0.1, 0.15) is 94.1 Å². The van der Waals surface area contributed by atoms with Crippen LogP contribution < -0.4 is 0 Å². The van der Waals surface area contributed by atoms with Crippen LogP contribution in [-0.4, -0.2) is 39.9 Å². The standard InChI is InChI=1S/C26N16/c27-1-9-13(5-31)39-23-19(35-9)17(20-24(23)40-14(6-32)10(2-28)36-20)18-21-25(41-15(7-33)11(3-29)37-21)26-22(18)38-12(4-30)16(8-34)42-26. The Kier molecular flexibility index (Phi) is 5.09. The molecule has 0 radical (unpaired) electrons. The number of aromatic nitrogens is 8. The van der Waals surface area contributed by atoms with E-state index < -0.39 is 0 Å². The van der Waals surface area contributed by atoms with E-state index in [1.54, 1.807) is 48.6 Å². The Labute approximate surface area is 232 Å². The predicted molar refractivity (Wildman–Crippen MR) is 129 cm³/mol. The third-order valence-corrected chi connectivity index (χ3v) is 6.08. The quantitative estimate of drug-likeness (QED) is 0.259. The zero-order valence-electron chi connectivity index (χ0n) is 20.2. The lowest BCUT2D eigenvalue weighted by Gasteiger charge is -2.09. The summed E-state index contributed by atoms with van der Waals surface area (Å²) < 4.78 is 0. The zero-order chi connectivity index (χ0) is 29.7. The second-order valence-electron chi connectivity index (χ2n) is 8.12. The van der Waals surface area contributed by atoms with Crippen molar-refractivity contribution in [1.29, 1.82) is 42.1 Å². The van der Waals surface area contributed by atoms with Crippen LogP contribution in [0.5, 0.6) is 0 Å². The summed E-state index contributed by atoms with van der Waals surface area (Å²) in [6, 6.07) is 14.2. The van der Waals surface area contributed by atoms with E-state index in [4.69, 9.17) is 0 Å². The van der Waals surface area contributed by atoms with E-state index in [1.165, 1.54) is 0 Å². The fraction of sp³-hybridized carbons (Fsp3) is 0. The van der Waals surface area contributed by atoms with E-state index in [0.29, 0.717) is 0 Å². The Balaban J connectivity index is 1.88. The molecule has 0 saturated carbocycles. The second kappa shape index (κ2) is 8.78. The number of hydrogen-bond donors (Lipinski definition) is 0.